The molecule has 12 aromatic rings. The summed E-state index contributed by atoms with van der Waals surface area (Å²) >= 11 is 3.01. The van der Waals surface area contributed by atoms with Gasteiger partial charge in [0, 0.05) is 22.2 Å². The van der Waals surface area contributed by atoms with Gasteiger partial charge in [-0.05, 0) is 95.8 Å². The molecule has 398 valence electrons. The Morgan fingerprint density at radius 3 is 1.07 bits per heavy atom. The Labute approximate surface area is 487 Å². The molecule has 2 unspecified atom stereocenters. The predicted molar refractivity (Wildman–Crippen MR) is 342 cm³/mol. The molecule has 0 spiro atoms. The average molecular weight is 1100 g/mol. The van der Waals surface area contributed by atoms with Crippen molar-refractivity contribution in [3.63, 3.8) is 0 Å². The fraction of sp³-hybridized carbons (Fsp3) is 0.143. The number of para-hydroxylation sites is 2. The third-order valence-electron chi connectivity index (χ3n) is 15.6. The van der Waals surface area contributed by atoms with Crippen LogP contribution >= 0.6 is 22.7 Å². The second kappa shape index (κ2) is 23.9. The molecule has 12 heteroatoms. The molecule has 0 bridgehead atoms. The van der Waals surface area contributed by atoms with Gasteiger partial charge in [-0.25, -0.2) is 9.97 Å². The van der Waals surface area contributed by atoms with E-state index >= 15 is 0 Å². The number of benzene rings is 8. The van der Waals surface area contributed by atoms with Crippen molar-refractivity contribution in [2.24, 2.45) is 11.8 Å². The first-order chi connectivity index (χ1) is 40.3. The second-order valence-electron chi connectivity index (χ2n) is 21.0. The van der Waals surface area contributed by atoms with Crippen LogP contribution < -0.4 is 42.0 Å². The average Bonchev–Trinajstić information content (AvgIpc) is 3.44. The van der Waals surface area contributed by atoms with Gasteiger partial charge in [0.05, 0.1) is 44.3 Å². The number of hydrogen-bond donors (Lipinski definition) is 0. The van der Waals surface area contributed by atoms with E-state index in [9.17, 15) is 10.5 Å². The smallest absolute Gasteiger partial charge is 0.328 e. The van der Waals surface area contributed by atoms with Crippen LogP contribution in [0.5, 0.6) is 11.5 Å². The topological polar surface area (TPSA) is 102 Å². The Kier molecular flexibility index (Phi) is 15.6. The normalized spacial score (nSPS) is 12.9. The summed E-state index contributed by atoms with van der Waals surface area (Å²) in [4.78, 5) is 10.7. The number of rotatable bonds is 18. The highest BCUT2D eigenvalue weighted by molar-refractivity contribution is 7.20. The highest BCUT2D eigenvalue weighted by Gasteiger charge is 2.38. The minimum Gasteiger partial charge on any atom is -0.493 e. The third kappa shape index (κ3) is 10.3. The van der Waals surface area contributed by atoms with E-state index < -0.39 is 13.7 Å². The molecule has 0 amide bonds. The molecule has 2 atom stereocenters. The first kappa shape index (κ1) is 53.5. The zero-order chi connectivity index (χ0) is 56.1. The van der Waals surface area contributed by atoms with Crippen LogP contribution in [-0.2, 0) is 0 Å². The standard InChI is InChI=1S/C70H58B2N6O2S2/c1-5-47(3)45-79-55-39-35-49(36-40-55)65-63-64(68(58(44-74)70-76-60-32-20-22-34-62(60)82-70)77(65)71(51-23-11-7-12-24-51)52-25-13-8-14-26-52)66(50-37-41-56(42-38-50)80-46-48(4)6-2)78(72(53-27-15-9-16-28-53)54-29-17-10-18-30-54)67(63)57(43-73)69-75-59-31-19-21-33-61(59)81-69/h7-42,47-48H,5-6,45-46H2,1-4H3/b67-57-,68-58-. The van der Waals surface area contributed by atoms with E-state index in [1.807, 2.05) is 60.7 Å². The Morgan fingerprint density at radius 1 is 0.451 bits per heavy atom. The van der Waals surface area contributed by atoms with Crippen molar-refractivity contribution in [3.05, 3.63) is 239 Å². The molecule has 0 N–H and O–H groups in total. The fourth-order valence-electron chi connectivity index (χ4n) is 11.0. The molecule has 4 aromatic heterocycles. The Balaban J connectivity index is 1.39. The lowest BCUT2D eigenvalue weighted by Crippen LogP contribution is -2.54. The van der Waals surface area contributed by atoms with Crippen LogP contribution in [0.2, 0.25) is 0 Å². The van der Waals surface area contributed by atoms with Crippen LogP contribution in [0.1, 0.15) is 50.6 Å². The van der Waals surface area contributed by atoms with E-state index in [0.717, 1.165) is 99.9 Å². The van der Waals surface area contributed by atoms with Gasteiger partial charge >= 0.3 is 13.7 Å². The molecule has 8 aromatic carbocycles. The van der Waals surface area contributed by atoms with Crippen LogP contribution in [0, 0.1) is 34.5 Å². The van der Waals surface area contributed by atoms with Gasteiger partial charge in [-0.2, -0.15) is 10.5 Å². The maximum atomic E-state index is 12.3. The molecular weight excluding hydrogens is 1040 g/mol. The van der Waals surface area contributed by atoms with Gasteiger partial charge in [-0.15, -0.1) is 22.7 Å². The quantitative estimate of drug-likeness (QED) is 0.0793. The van der Waals surface area contributed by atoms with Crippen molar-refractivity contribution in [3.8, 4) is 46.2 Å². The molecule has 0 aliphatic rings. The minimum absolute atomic E-state index is 0.366. The largest absolute Gasteiger partial charge is 0.493 e. The van der Waals surface area contributed by atoms with Crippen LogP contribution in [0.25, 0.3) is 64.9 Å². The van der Waals surface area contributed by atoms with Gasteiger partial charge < -0.3 is 18.4 Å². The summed E-state index contributed by atoms with van der Waals surface area (Å²) in [7, 11) is 0. The van der Waals surface area contributed by atoms with Crippen molar-refractivity contribution in [1.29, 1.82) is 10.5 Å². The molecule has 82 heavy (non-hydrogen) atoms. The SMILES string of the molecule is CCC(C)COc1ccc(-c2c3/c(=C(\C#N)c4nc5ccccc5s4)n(B(c4ccccc4)c4ccccc4)c(-c4ccc(OCC(C)CC)cc4)c3/c(=C(\C#N)c3nc4ccccc4s3)n2B(c2ccccc2)c2ccccc2)cc1. The van der Waals surface area contributed by atoms with Crippen LogP contribution in [-0.4, -0.2) is 45.8 Å². The molecule has 0 saturated carbocycles. The van der Waals surface area contributed by atoms with Crippen molar-refractivity contribution in [2.45, 2.75) is 40.5 Å². The van der Waals surface area contributed by atoms with Crippen LogP contribution in [0.4, 0.5) is 0 Å². The summed E-state index contributed by atoms with van der Waals surface area (Å²) in [6, 6.07) is 80.7. The molecule has 0 fully saturated rings. The van der Waals surface area contributed by atoms with Gasteiger partial charge in [-0.1, -0.05) is 208 Å². The third-order valence-corrected chi connectivity index (χ3v) is 17.7. The first-order valence-electron chi connectivity index (χ1n) is 28.1. The number of nitrogens with zero attached hydrogens (tertiary/aromatic N) is 6. The second-order valence-corrected chi connectivity index (χ2v) is 23.0. The zero-order valence-corrected chi connectivity index (χ0v) is 47.9. The summed E-state index contributed by atoms with van der Waals surface area (Å²) in [6.45, 7) is 8.88. The molecule has 4 heterocycles. The summed E-state index contributed by atoms with van der Waals surface area (Å²) in [6.07, 6.45) is 1.99. The van der Waals surface area contributed by atoms with Crippen molar-refractivity contribution >= 4 is 101 Å². The monoisotopic (exact) mass is 1100 g/mol. The molecule has 8 nitrogen and oxygen atoms in total. The predicted octanol–water partition coefficient (Wildman–Crippen LogP) is 12.6. The Hall–Kier alpha value is -9.19. The molecule has 0 aliphatic heterocycles. The van der Waals surface area contributed by atoms with E-state index in [2.05, 4.69) is 207 Å². The Morgan fingerprint density at radius 2 is 0.768 bits per heavy atom. The number of ether oxygens (including phenoxy) is 2. The lowest BCUT2D eigenvalue weighted by molar-refractivity contribution is 0.256. The van der Waals surface area contributed by atoms with Crippen molar-refractivity contribution in [1.82, 2.24) is 18.9 Å². The summed E-state index contributed by atoms with van der Waals surface area (Å²) in [5, 5.41) is 28.7. The van der Waals surface area contributed by atoms with Gasteiger partial charge in [0.1, 0.15) is 44.8 Å². The molecule has 12 rings (SSSR count). The highest BCUT2D eigenvalue weighted by atomic mass is 32.1. The molecular formula is C70H58B2N6O2S2. The van der Waals surface area contributed by atoms with E-state index in [-0.39, 0.29) is 0 Å². The van der Waals surface area contributed by atoms with Crippen molar-refractivity contribution in [2.75, 3.05) is 13.2 Å². The van der Waals surface area contributed by atoms with Crippen molar-refractivity contribution < 1.29 is 9.47 Å². The maximum Gasteiger partial charge on any atom is 0.328 e. The summed E-state index contributed by atoms with van der Waals surface area (Å²) in [5.41, 5.74) is 9.76. The molecule has 0 radical (unpaired) electrons. The van der Waals surface area contributed by atoms with E-state index in [1.165, 1.54) is 22.7 Å². The molecule has 0 aliphatic carbocycles. The number of nitriles is 2. The van der Waals surface area contributed by atoms with Gasteiger partial charge in [0.15, 0.2) is 0 Å². The number of aromatic nitrogens is 4. The number of hydrogen-bond acceptors (Lipinski definition) is 8. The van der Waals surface area contributed by atoms with E-state index in [1.54, 1.807) is 0 Å². The van der Waals surface area contributed by atoms with Crippen LogP contribution in [0.3, 0.4) is 0 Å². The zero-order valence-electron chi connectivity index (χ0n) is 46.2. The minimum atomic E-state index is -0.517. The number of fused-ring (bicyclic) bond motifs is 3. The van der Waals surface area contributed by atoms with E-state index in [0.29, 0.717) is 56.9 Å². The van der Waals surface area contributed by atoms with E-state index in [4.69, 9.17) is 19.4 Å². The van der Waals surface area contributed by atoms with Gasteiger partial charge in [0.2, 0.25) is 0 Å². The first-order valence-corrected chi connectivity index (χ1v) is 29.7. The summed E-state index contributed by atoms with van der Waals surface area (Å²) in [5.74, 6) is 2.23. The summed E-state index contributed by atoms with van der Waals surface area (Å²) < 4.78 is 19.7. The maximum absolute atomic E-state index is 12.3. The number of thiazole rings is 2. The van der Waals surface area contributed by atoms with Gasteiger partial charge in [-0.3, -0.25) is 0 Å². The molecule has 0 saturated heterocycles. The lowest BCUT2D eigenvalue weighted by Gasteiger charge is -2.24. The van der Waals surface area contributed by atoms with Crippen LogP contribution in [0.15, 0.2) is 218 Å². The fourth-order valence-corrected chi connectivity index (χ4v) is 12.9. The highest BCUT2D eigenvalue weighted by Crippen LogP contribution is 2.39. The Bertz CT molecular complexity index is 4000. The lowest BCUT2D eigenvalue weighted by atomic mass is 9.50. The van der Waals surface area contributed by atoms with Gasteiger partial charge in [0.25, 0.3) is 0 Å².